The Balaban J connectivity index is 2.18. The molecule has 0 aliphatic rings. The van der Waals surface area contributed by atoms with Gasteiger partial charge in [-0.2, -0.15) is 0 Å². The van der Waals surface area contributed by atoms with Gasteiger partial charge in [-0.05, 0) is 30.7 Å². The molecule has 90 valence electrons. The largest absolute Gasteiger partial charge is 0.235 e. The Morgan fingerprint density at radius 3 is 2.39 bits per heavy atom. The molecule has 0 atom stereocenters. The van der Waals surface area contributed by atoms with Crippen molar-refractivity contribution in [1.82, 2.24) is 9.97 Å². The minimum absolute atomic E-state index is 0.263. The van der Waals surface area contributed by atoms with Crippen LogP contribution in [0.2, 0.25) is 0 Å². The van der Waals surface area contributed by atoms with Crippen LogP contribution in [0.25, 0.3) is 11.4 Å². The zero-order valence-corrected chi connectivity index (χ0v) is 10.2. The van der Waals surface area contributed by atoms with Crippen LogP contribution in [-0.2, 0) is 0 Å². The van der Waals surface area contributed by atoms with E-state index in [4.69, 9.17) is 0 Å². The van der Waals surface area contributed by atoms with E-state index in [1.54, 1.807) is 24.5 Å². The topological polar surface area (TPSA) is 25.8 Å². The van der Waals surface area contributed by atoms with Crippen LogP contribution in [0, 0.1) is 17.7 Å². The summed E-state index contributed by atoms with van der Waals surface area (Å²) in [6.45, 7) is 2.09. The number of nitrogens with zero attached hydrogens (tertiary/aromatic N) is 2. The molecule has 1 heterocycles. The summed E-state index contributed by atoms with van der Waals surface area (Å²) < 4.78 is 12.8. The van der Waals surface area contributed by atoms with Crippen molar-refractivity contribution in [1.29, 1.82) is 0 Å². The molecule has 0 radical (unpaired) electrons. The lowest BCUT2D eigenvalue weighted by Gasteiger charge is -1.99. The first-order valence-electron chi connectivity index (χ1n) is 5.86. The Bertz CT molecular complexity index is 562. The highest BCUT2D eigenvalue weighted by Gasteiger charge is 2.00. The monoisotopic (exact) mass is 240 g/mol. The van der Waals surface area contributed by atoms with Crippen molar-refractivity contribution >= 4 is 0 Å². The molecule has 0 bridgehead atoms. The summed E-state index contributed by atoms with van der Waals surface area (Å²) in [5.74, 6) is 6.35. The second-order valence-electron chi connectivity index (χ2n) is 3.85. The predicted octanol–water partition coefficient (Wildman–Crippen LogP) is 3.43. The first kappa shape index (κ1) is 12.3. The molecule has 2 rings (SSSR count). The molecule has 0 amide bonds. The van der Waals surface area contributed by atoms with Gasteiger partial charge in [-0.1, -0.05) is 18.8 Å². The highest BCUT2D eigenvalue weighted by Crippen LogP contribution is 2.14. The number of rotatable bonds is 2. The molecule has 0 spiro atoms. The van der Waals surface area contributed by atoms with Gasteiger partial charge in [0.15, 0.2) is 5.82 Å². The normalized spacial score (nSPS) is 9.67. The third kappa shape index (κ3) is 3.14. The third-order valence-corrected chi connectivity index (χ3v) is 2.36. The van der Waals surface area contributed by atoms with E-state index in [-0.39, 0.29) is 5.82 Å². The van der Waals surface area contributed by atoms with Gasteiger partial charge in [0.2, 0.25) is 0 Å². The van der Waals surface area contributed by atoms with E-state index in [1.165, 1.54) is 12.1 Å². The smallest absolute Gasteiger partial charge is 0.159 e. The second kappa shape index (κ2) is 5.92. The zero-order chi connectivity index (χ0) is 12.8. The maximum absolute atomic E-state index is 12.8. The molecule has 1 aromatic heterocycles. The van der Waals surface area contributed by atoms with Crippen LogP contribution in [0.3, 0.4) is 0 Å². The molecule has 0 saturated carbocycles. The number of halogens is 1. The SMILES string of the molecule is CCCC#Cc1cnc(-c2ccc(F)cc2)nc1. The zero-order valence-electron chi connectivity index (χ0n) is 10.2. The molecule has 0 aliphatic carbocycles. The van der Waals surface area contributed by atoms with E-state index in [9.17, 15) is 4.39 Å². The lowest BCUT2D eigenvalue weighted by Crippen LogP contribution is -1.89. The van der Waals surface area contributed by atoms with Gasteiger partial charge in [-0.15, -0.1) is 0 Å². The van der Waals surface area contributed by atoms with Crippen LogP contribution in [0.5, 0.6) is 0 Å². The maximum atomic E-state index is 12.8. The summed E-state index contributed by atoms with van der Waals surface area (Å²) in [4.78, 5) is 8.44. The van der Waals surface area contributed by atoms with Gasteiger partial charge >= 0.3 is 0 Å². The van der Waals surface area contributed by atoms with Crippen LogP contribution in [0.15, 0.2) is 36.7 Å². The van der Waals surface area contributed by atoms with Crippen molar-refractivity contribution in [3.8, 4) is 23.2 Å². The summed E-state index contributed by atoms with van der Waals surface area (Å²) in [7, 11) is 0. The summed E-state index contributed by atoms with van der Waals surface area (Å²) >= 11 is 0. The number of hydrogen-bond donors (Lipinski definition) is 0. The molecule has 0 saturated heterocycles. The molecular weight excluding hydrogens is 227 g/mol. The molecule has 1 aromatic carbocycles. The standard InChI is InChI=1S/C15H13FN2/c1-2-3-4-5-12-10-17-15(18-11-12)13-6-8-14(16)9-7-13/h6-11H,2-3H2,1H3. The van der Waals surface area contributed by atoms with E-state index < -0.39 is 0 Å². The Morgan fingerprint density at radius 1 is 1.11 bits per heavy atom. The third-order valence-electron chi connectivity index (χ3n) is 2.36. The van der Waals surface area contributed by atoms with Gasteiger partial charge in [0.25, 0.3) is 0 Å². The summed E-state index contributed by atoms with van der Waals surface area (Å²) in [6, 6.07) is 6.11. The summed E-state index contributed by atoms with van der Waals surface area (Å²) in [6.07, 6.45) is 5.30. The molecular formula is C15H13FN2. The number of aromatic nitrogens is 2. The first-order valence-corrected chi connectivity index (χ1v) is 5.86. The van der Waals surface area contributed by atoms with E-state index in [2.05, 4.69) is 28.7 Å². The van der Waals surface area contributed by atoms with Crippen LogP contribution >= 0.6 is 0 Å². The highest BCUT2D eigenvalue weighted by molar-refractivity contribution is 5.54. The Kier molecular flexibility index (Phi) is 4.03. The second-order valence-corrected chi connectivity index (χ2v) is 3.85. The molecule has 2 nitrogen and oxygen atoms in total. The van der Waals surface area contributed by atoms with Crippen molar-refractivity contribution in [3.63, 3.8) is 0 Å². The molecule has 0 unspecified atom stereocenters. The quantitative estimate of drug-likeness (QED) is 0.751. The molecule has 3 heteroatoms. The maximum Gasteiger partial charge on any atom is 0.159 e. The average molecular weight is 240 g/mol. The lowest BCUT2D eigenvalue weighted by atomic mass is 10.2. The Hall–Kier alpha value is -2.21. The van der Waals surface area contributed by atoms with Gasteiger partial charge in [0.05, 0.1) is 5.56 Å². The molecule has 0 N–H and O–H groups in total. The van der Waals surface area contributed by atoms with E-state index in [0.717, 1.165) is 24.0 Å². The van der Waals surface area contributed by atoms with Crippen molar-refractivity contribution in [2.75, 3.05) is 0 Å². The number of hydrogen-bond acceptors (Lipinski definition) is 2. The van der Waals surface area contributed by atoms with Gasteiger partial charge in [-0.25, -0.2) is 14.4 Å². The fourth-order valence-electron chi connectivity index (χ4n) is 1.43. The van der Waals surface area contributed by atoms with Crippen LogP contribution < -0.4 is 0 Å². The summed E-state index contributed by atoms with van der Waals surface area (Å²) in [5.41, 5.74) is 1.60. The minimum Gasteiger partial charge on any atom is -0.235 e. The lowest BCUT2D eigenvalue weighted by molar-refractivity contribution is 0.628. The van der Waals surface area contributed by atoms with E-state index in [0.29, 0.717) is 5.82 Å². The predicted molar refractivity (Wildman–Crippen MR) is 69.2 cm³/mol. The fourth-order valence-corrected chi connectivity index (χ4v) is 1.43. The van der Waals surface area contributed by atoms with Crippen molar-refractivity contribution in [3.05, 3.63) is 48.0 Å². The molecule has 2 aromatic rings. The summed E-state index contributed by atoms with van der Waals surface area (Å²) in [5, 5.41) is 0. The van der Waals surface area contributed by atoms with Gasteiger partial charge in [0.1, 0.15) is 5.82 Å². The number of unbranched alkanes of at least 4 members (excludes halogenated alkanes) is 1. The molecule has 18 heavy (non-hydrogen) atoms. The van der Waals surface area contributed by atoms with Crippen LogP contribution in [0.1, 0.15) is 25.3 Å². The highest BCUT2D eigenvalue weighted by atomic mass is 19.1. The van der Waals surface area contributed by atoms with Crippen molar-refractivity contribution in [2.45, 2.75) is 19.8 Å². The van der Waals surface area contributed by atoms with Crippen molar-refractivity contribution in [2.24, 2.45) is 0 Å². The minimum atomic E-state index is -0.263. The van der Waals surface area contributed by atoms with Gasteiger partial charge in [0, 0.05) is 24.4 Å². The number of benzene rings is 1. The van der Waals surface area contributed by atoms with Gasteiger partial charge < -0.3 is 0 Å². The Labute approximate surface area is 106 Å². The van der Waals surface area contributed by atoms with Crippen molar-refractivity contribution < 1.29 is 4.39 Å². The van der Waals surface area contributed by atoms with Gasteiger partial charge in [-0.3, -0.25) is 0 Å². The fraction of sp³-hybridized carbons (Fsp3) is 0.200. The van der Waals surface area contributed by atoms with E-state index >= 15 is 0 Å². The molecule has 0 fully saturated rings. The van der Waals surface area contributed by atoms with Crippen LogP contribution in [0.4, 0.5) is 4.39 Å². The van der Waals surface area contributed by atoms with E-state index in [1.807, 2.05) is 0 Å². The first-order chi connectivity index (χ1) is 8.79. The average Bonchev–Trinajstić information content (AvgIpc) is 2.41. The van der Waals surface area contributed by atoms with Crippen LogP contribution in [-0.4, -0.2) is 9.97 Å². The Morgan fingerprint density at radius 2 is 1.78 bits per heavy atom. The molecule has 0 aliphatic heterocycles.